The molecule has 5 heteroatoms. The number of ether oxygens (including phenoxy) is 2. The van der Waals surface area contributed by atoms with Gasteiger partial charge in [0.2, 0.25) is 0 Å². The van der Waals surface area contributed by atoms with Crippen LogP contribution in [0.4, 0.5) is 0 Å². The van der Waals surface area contributed by atoms with Crippen LogP contribution in [0.3, 0.4) is 0 Å². The zero-order valence-electron chi connectivity index (χ0n) is 11.3. The average Bonchev–Trinajstić information content (AvgIpc) is 2.44. The van der Waals surface area contributed by atoms with E-state index in [-0.39, 0.29) is 26.9 Å². The number of hydrogen-bond donors (Lipinski definition) is 0. The van der Waals surface area contributed by atoms with E-state index in [2.05, 4.69) is 0 Å². The Balaban J connectivity index is 2.86. The fourth-order valence-corrected chi connectivity index (χ4v) is 3.81. The molecular weight excluding hydrogens is 311 g/mol. The molecule has 0 N–H and O–H groups in total. The number of hydrogen-bond acceptors (Lipinski definition) is 4. The van der Waals surface area contributed by atoms with Gasteiger partial charge in [0.25, 0.3) is 0 Å². The summed E-state index contributed by atoms with van der Waals surface area (Å²) in [6.07, 6.45) is 0. The maximum atomic E-state index is 12.0. The van der Waals surface area contributed by atoms with Gasteiger partial charge in [-0.25, -0.2) is 0 Å². The van der Waals surface area contributed by atoms with Crippen molar-refractivity contribution in [2.75, 3.05) is 13.7 Å². The summed E-state index contributed by atoms with van der Waals surface area (Å²) in [5, 5.41) is 0. The molecule has 0 radical (unpaired) electrons. The summed E-state index contributed by atoms with van der Waals surface area (Å²) in [6, 6.07) is 9.67. The van der Waals surface area contributed by atoms with Gasteiger partial charge in [-0.2, -0.15) is 0 Å². The molecule has 4 nitrogen and oxygen atoms in total. The molecule has 0 saturated heterocycles. The van der Waals surface area contributed by atoms with Gasteiger partial charge in [0, 0.05) is 0 Å². The van der Waals surface area contributed by atoms with Crippen LogP contribution >= 0.6 is 0 Å². The molecule has 1 rings (SSSR count). The quantitative estimate of drug-likeness (QED) is 0.581. The summed E-state index contributed by atoms with van der Waals surface area (Å²) in [7, 11) is 1.33. The standard InChI is InChI=1S/C14H18O4Se/c1-4-18-14(16)12(10(2)13(15)17-3)19-11-8-6-5-7-9-11/h5-10,12H,4H2,1-3H3/t10-,12-/m1/s1. The fraction of sp³-hybridized carbons (Fsp3) is 0.429. The van der Waals surface area contributed by atoms with Crippen molar-refractivity contribution in [1.29, 1.82) is 0 Å². The van der Waals surface area contributed by atoms with Crippen molar-refractivity contribution in [2.24, 2.45) is 5.92 Å². The van der Waals surface area contributed by atoms with Crippen LogP contribution in [0.15, 0.2) is 30.3 Å². The Labute approximate surface area is 119 Å². The van der Waals surface area contributed by atoms with E-state index >= 15 is 0 Å². The number of carbonyl (C=O) groups excluding carboxylic acids is 2. The van der Waals surface area contributed by atoms with E-state index in [1.165, 1.54) is 7.11 Å². The summed E-state index contributed by atoms with van der Waals surface area (Å²) in [6.45, 7) is 3.78. The van der Waals surface area contributed by atoms with Crippen molar-refractivity contribution >= 4 is 31.4 Å². The van der Waals surface area contributed by atoms with Crippen molar-refractivity contribution in [3.63, 3.8) is 0 Å². The monoisotopic (exact) mass is 330 g/mol. The number of carbonyl (C=O) groups is 2. The summed E-state index contributed by atoms with van der Waals surface area (Å²) in [4.78, 5) is 23.2. The number of benzene rings is 1. The van der Waals surface area contributed by atoms with Crippen LogP contribution in [0.2, 0.25) is 4.82 Å². The summed E-state index contributed by atoms with van der Waals surface area (Å²) < 4.78 is 10.8. The van der Waals surface area contributed by atoms with Crippen molar-refractivity contribution in [3.05, 3.63) is 30.3 Å². The van der Waals surface area contributed by atoms with E-state index in [1.54, 1.807) is 13.8 Å². The minimum absolute atomic E-state index is 0.166. The molecular formula is C14H18O4Se. The van der Waals surface area contributed by atoms with E-state index < -0.39 is 10.7 Å². The Morgan fingerprint density at radius 1 is 1.21 bits per heavy atom. The molecule has 1 aromatic rings. The summed E-state index contributed by atoms with van der Waals surface area (Å²) in [5.41, 5.74) is 0. The topological polar surface area (TPSA) is 52.6 Å². The third kappa shape index (κ3) is 4.69. The number of rotatable bonds is 6. The number of methoxy groups -OCH3 is 1. The second-order valence-corrected chi connectivity index (χ2v) is 6.46. The van der Waals surface area contributed by atoms with Crippen LogP contribution in [0.25, 0.3) is 0 Å². The first-order chi connectivity index (χ1) is 9.10. The van der Waals surface area contributed by atoms with Gasteiger partial charge >= 0.3 is 119 Å². The van der Waals surface area contributed by atoms with Gasteiger partial charge in [0.15, 0.2) is 0 Å². The van der Waals surface area contributed by atoms with E-state index in [0.29, 0.717) is 6.61 Å². The normalized spacial score (nSPS) is 13.4. The molecule has 0 aliphatic heterocycles. The Hall–Kier alpha value is -1.32. The van der Waals surface area contributed by atoms with Gasteiger partial charge < -0.3 is 0 Å². The van der Waals surface area contributed by atoms with E-state index in [4.69, 9.17) is 9.47 Å². The minimum atomic E-state index is -0.496. The summed E-state index contributed by atoms with van der Waals surface area (Å²) >= 11 is -0.166. The summed E-state index contributed by atoms with van der Waals surface area (Å²) in [5.74, 6) is -1.20. The zero-order chi connectivity index (χ0) is 14.3. The fourth-order valence-electron chi connectivity index (χ4n) is 1.53. The van der Waals surface area contributed by atoms with Crippen LogP contribution in [0.5, 0.6) is 0 Å². The van der Waals surface area contributed by atoms with Crippen LogP contribution in [0.1, 0.15) is 13.8 Å². The molecule has 0 spiro atoms. The van der Waals surface area contributed by atoms with Gasteiger partial charge in [0.05, 0.1) is 0 Å². The van der Waals surface area contributed by atoms with E-state index in [1.807, 2.05) is 30.3 Å². The molecule has 0 fully saturated rings. The van der Waals surface area contributed by atoms with Crippen molar-refractivity contribution in [1.82, 2.24) is 0 Å². The van der Waals surface area contributed by atoms with Crippen LogP contribution in [0, 0.1) is 5.92 Å². The molecule has 0 aromatic heterocycles. The Kier molecular flexibility index (Phi) is 6.60. The molecule has 0 saturated carbocycles. The second-order valence-electron chi connectivity index (χ2n) is 3.92. The van der Waals surface area contributed by atoms with Crippen molar-refractivity contribution < 1.29 is 19.1 Å². The third-order valence-electron chi connectivity index (χ3n) is 2.55. The Morgan fingerprint density at radius 3 is 2.37 bits per heavy atom. The predicted octanol–water partition coefficient (Wildman–Crippen LogP) is 1.18. The van der Waals surface area contributed by atoms with Crippen LogP contribution in [-0.2, 0) is 19.1 Å². The first-order valence-electron chi connectivity index (χ1n) is 6.06. The molecule has 104 valence electrons. The molecule has 0 aliphatic carbocycles. The molecule has 0 unspecified atom stereocenters. The van der Waals surface area contributed by atoms with E-state index in [9.17, 15) is 9.59 Å². The maximum absolute atomic E-state index is 12.0. The van der Waals surface area contributed by atoms with Crippen molar-refractivity contribution in [2.45, 2.75) is 18.7 Å². The van der Waals surface area contributed by atoms with Crippen molar-refractivity contribution in [3.8, 4) is 0 Å². The first kappa shape index (κ1) is 15.7. The Morgan fingerprint density at radius 2 is 1.84 bits per heavy atom. The van der Waals surface area contributed by atoms with E-state index in [0.717, 1.165) is 4.46 Å². The van der Waals surface area contributed by atoms with Gasteiger partial charge in [0.1, 0.15) is 0 Å². The average molecular weight is 329 g/mol. The number of esters is 2. The Bertz CT molecular complexity index is 419. The molecule has 0 bridgehead atoms. The molecule has 0 heterocycles. The molecule has 19 heavy (non-hydrogen) atoms. The molecule has 1 aromatic carbocycles. The molecule has 0 amide bonds. The van der Waals surface area contributed by atoms with Crippen LogP contribution < -0.4 is 4.46 Å². The van der Waals surface area contributed by atoms with Gasteiger partial charge in [-0.05, 0) is 0 Å². The van der Waals surface area contributed by atoms with Gasteiger partial charge in [-0.3, -0.25) is 0 Å². The predicted molar refractivity (Wildman–Crippen MR) is 73.4 cm³/mol. The van der Waals surface area contributed by atoms with Crippen LogP contribution in [-0.4, -0.2) is 40.6 Å². The van der Waals surface area contributed by atoms with Gasteiger partial charge in [-0.15, -0.1) is 0 Å². The SMILES string of the molecule is CCOC(=O)[C@H]([Se]c1ccccc1)[C@@H](C)C(=O)OC. The zero-order valence-corrected chi connectivity index (χ0v) is 13.0. The van der Waals surface area contributed by atoms with Gasteiger partial charge in [-0.1, -0.05) is 0 Å². The first-order valence-corrected chi connectivity index (χ1v) is 7.90. The molecule has 0 aliphatic rings. The second kappa shape index (κ2) is 7.97. The molecule has 2 atom stereocenters. The third-order valence-corrected chi connectivity index (χ3v) is 5.49.